The Labute approximate surface area is 238 Å². The second-order valence-electron chi connectivity index (χ2n) is 9.70. The first-order chi connectivity index (χ1) is 19.9. The van der Waals surface area contributed by atoms with Crippen LogP contribution in [0.25, 0.3) is 5.76 Å². The molecule has 3 aromatic carbocycles. The summed E-state index contributed by atoms with van der Waals surface area (Å²) in [5.74, 6) is -0.216. The Morgan fingerprint density at radius 2 is 1.66 bits per heavy atom. The van der Waals surface area contributed by atoms with E-state index in [2.05, 4.69) is 11.1 Å². The molecule has 0 radical (unpaired) electrons. The van der Waals surface area contributed by atoms with Gasteiger partial charge in [-0.05, 0) is 66.1 Å². The molecule has 0 saturated carbocycles. The summed E-state index contributed by atoms with van der Waals surface area (Å²) in [5.41, 5.74) is 3.90. The highest BCUT2D eigenvalue weighted by Crippen LogP contribution is 2.42. The number of methoxy groups -OCH3 is 2. The number of pyridine rings is 1. The number of ketones is 1. The number of aromatic nitrogens is 1. The summed E-state index contributed by atoms with van der Waals surface area (Å²) in [7, 11) is 3.04. The Morgan fingerprint density at radius 1 is 0.902 bits per heavy atom. The summed E-state index contributed by atoms with van der Waals surface area (Å²) >= 11 is 0. The first-order valence-corrected chi connectivity index (χ1v) is 13.1. The van der Waals surface area contributed by atoms with Crippen molar-refractivity contribution in [2.45, 2.75) is 26.1 Å². The van der Waals surface area contributed by atoms with Crippen molar-refractivity contribution < 1.29 is 28.9 Å². The van der Waals surface area contributed by atoms with Crippen LogP contribution in [0.15, 0.2) is 96.8 Å². The van der Waals surface area contributed by atoms with Gasteiger partial charge in [-0.15, -0.1) is 0 Å². The van der Waals surface area contributed by atoms with E-state index in [1.165, 1.54) is 19.1 Å². The highest BCUT2D eigenvalue weighted by molar-refractivity contribution is 6.46. The van der Waals surface area contributed by atoms with Crippen LogP contribution in [-0.2, 0) is 22.7 Å². The van der Waals surface area contributed by atoms with Gasteiger partial charge in [0, 0.05) is 24.5 Å². The topological polar surface area (TPSA) is 98.2 Å². The number of carbonyl (C=O) groups is 2. The quantitative estimate of drug-likeness (QED) is 0.164. The Bertz CT molecular complexity index is 1600. The number of amides is 1. The Balaban J connectivity index is 1.51. The maximum Gasteiger partial charge on any atom is 0.295 e. The van der Waals surface area contributed by atoms with E-state index in [1.54, 1.807) is 60.9 Å². The van der Waals surface area contributed by atoms with Crippen LogP contribution in [0.3, 0.4) is 0 Å². The molecule has 1 saturated heterocycles. The van der Waals surface area contributed by atoms with E-state index in [0.29, 0.717) is 35.0 Å². The molecule has 2 heterocycles. The summed E-state index contributed by atoms with van der Waals surface area (Å²) in [6, 6.07) is 22.7. The van der Waals surface area contributed by atoms with Crippen molar-refractivity contribution in [3.63, 3.8) is 0 Å². The van der Waals surface area contributed by atoms with Gasteiger partial charge in [-0.25, -0.2) is 0 Å². The van der Waals surface area contributed by atoms with Crippen molar-refractivity contribution in [1.29, 1.82) is 0 Å². The maximum atomic E-state index is 13.4. The third kappa shape index (κ3) is 5.77. The van der Waals surface area contributed by atoms with E-state index < -0.39 is 17.7 Å². The van der Waals surface area contributed by atoms with Crippen LogP contribution in [0.4, 0.5) is 0 Å². The lowest BCUT2D eigenvalue weighted by Gasteiger charge is -2.26. The minimum absolute atomic E-state index is 0.0143. The third-order valence-electron chi connectivity index (χ3n) is 6.95. The third-order valence-corrected chi connectivity index (χ3v) is 6.95. The Hall–Kier alpha value is -5.11. The first-order valence-electron chi connectivity index (χ1n) is 13.1. The molecule has 41 heavy (non-hydrogen) atoms. The van der Waals surface area contributed by atoms with Crippen molar-refractivity contribution in [1.82, 2.24) is 9.88 Å². The number of Topliss-reactive ketones (excluding diaryl/α,β-unsaturated/α-hetero) is 1. The van der Waals surface area contributed by atoms with E-state index >= 15 is 0 Å². The number of hydrogen-bond donors (Lipinski definition) is 1. The van der Waals surface area contributed by atoms with Crippen LogP contribution in [0.2, 0.25) is 0 Å². The van der Waals surface area contributed by atoms with E-state index in [-0.39, 0.29) is 17.9 Å². The number of rotatable bonds is 9. The van der Waals surface area contributed by atoms with Crippen LogP contribution < -0.4 is 14.2 Å². The Morgan fingerprint density at radius 3 is 2.34 bits per heavy atom. The highest BCUT2D eigenvalue weighted by atomic mass is 16.5. The van der Waals surface area contributed by atoms with E-state index in [4.69, 9.17) is 14.2 Å². The molecule has 0 aliphatic carbocycles. The smallest absolute Gasteiger partial charge is 0.295 e. The summed E-state index contributed by atoms with van der Waals surface area (Å²) in [6.07, 6.45) is 3.28. The fourth-order valence-electron chi connectivity index (χ4n) is 4.93. The molecule has 1 atom stereocenters. The van der Waals surface area contributed by atoms with Gasteiger partial charge < -0.3 is 24.2 Å². The minimum Gasteiger partial charge on any atom is -0.507 e. The van der Waals surface area contributed by atoms with Crippen molar-refractivity contribution in [3.8, 4) is 17.2 Å². The van der Waals surface area contributed by atoms with Crippen LogP contribution in [0.1, 0.15) is 33.9 Å². The average molecular weight is 551 g/mol. The zero-order valence-electron chi connectivity index (χ0n) is 23.0. The van der Waals surface area contributed by atoms with Gasteiger partial charge in [-0.3, -0.25) is 14.6 Å². The maximum absolute atomic E-state index is 13.4. The lowest BCUT2D eigenvalue weighted by Crippen LogP contribution is -2.29. The molecule has 5 rings (SSSR count). The van der Waals surface area contributed by atoms with Crippen molar-refractivity contribution >= 4 is 17.4 Å². The van der Waals surface area contributed by atoms with Gasteiger partial charge in [0.15, 0.2) is 11.5 Å². The van der Waals surface area contributed by atoms with Crippen LogP contribution in [0, 0.1) is 6.92 Å². The van der Waals surface area contributed by atoms with Crippen LogP contribution in [-0.4, -0.2) is 40.9 Å². The molecule has 1 amide bonds. The summed E-state index contributed by atoms with van der Waals surface area (Å²) < 4.78 is 16.8. The second-order valence-corrected chi connectivity index (χ2v) is 9.70. The molecule has 1 aliphatic rings. The summed E-state index contributed by atoms with van der Waals surface area (Å²) in [5, 5.41) is 11.5. The molecule has 1 fully saturated rings. The molecular weight excluding hydrogens is 520 g/mol. The molecular formula is C33H30N2O6. The number of aliphatic hydroxyl groups is 1. The number of carbonyl (C=O) groups excluding carboxylic acids is 2. The van der Waals surface area contributed by atoms with E-state index in [9.17, 15) is 14.7 Å². The lowest BCUT2D eigenvalue weighted by molar-refractivity contribution is -0.140. The number of hydrogen-bond acceptors (Lipinski definition) is 7. The number of aryl methyl sites for hydroxylation is 1. The monoisotopic (exact) mass is 550 g/mol. The van der Waals surface area contributed by atoms with Gasteiger partial charge in [0.1, 0.15) is 18.1 Å². The number of aliphatic hydroxyl groups excluding tert-OH is 1. The number of likely N-dealkylation sites (tertiary alicyclic amines) is 1. The SMILES string of the molecule is COc1ccc(C2/C(=C(/O)c3ccc(OCc4cccc(C)c4)cc3)C(=O)C(=O)N2Cc2cccnc2)cc1OC. The summed E-state index contributed by atoms with van der Waals surface area (Å²) in [6.45, 7) is 2.54. The van der Waals surface area contributed by atoms with Gasteiger partial charge in [-0.1, -0.05) is 42.0 Å². The molecule has 1 N–H and O–H groups in total. The average Bonchev–Trinajstić information content (AvgIpc) is 3.25. The van der Waals surface area contributed by atoms with Gasteiger partial charge >= 0.3 is 0 Å². The lowest BCUT2D eigenvalue weighted by atomic mass is 9.94. The standard InChI is InChI=1S/C33H30N2O6/c1-21-6-4-7-22(16-21)20-41-26-12-9-24(10-13-26)31(36)29-30(25-11-14-27(39-2)28(17-25)40-3)35(33(38)32(29)37)19-23-8-5-15-34-18-23/h4-18,30,36H,19-20H2,1-3H3/b31-29-. The van der Waals surface area contributed by atoms with E-state index in [1.807, 2.05) is 31.2 Å². The van der Waals surface area contributed by atoms with Crippen molar-refractivity contribution in [2.24, 2.45) is 0 Å². The molecule has 208 valence electrons. The van der Waals surface area contributed by atoms with Gasteiger partial charge in [0.25, 0.3) is 11.7 Å². The van der Waals surface area contributed by atoms with Gasteiger partial charge in [0.2, 0.25) is 0 Å². The summed E-state index contributed by atoms with van der Waals surface area (Å²) in [4.78, 5) is 32.4. The molecule has 8 heteroatoms. The number of ether oxygens (including phenoxy) is 3. The normalized spacial score (nSPS) is 16.1. The fourth-order valence-corrected chi connectivity index (χ4v) is 4.93. The van der Waals surface area contributed by atoms with Crippen LogP contribution >= 0.6 is 0 Å². The fraction of sp³-hybridized carbons (Fsp3) is 0.182. The van der Waals surface area contributed by atoms with E-state index in [0.717, 1.165) is 16.7 Å². The second kappa shape index (κ2) is 12.0. The minimum atomic E-state index is -0.868. The predicted molar refractivity (Wildman–Crippen MR) is 154 cm³/mol. The molecule has 0 spiro atoms. The van der Waals surface area contributed by atoms with Crippen molar-refractivity contribution in [3.05, 3.63) is 125 Å². The number of benzene rings is 3. The van der Waals surface area contributed by atoms with Gasteiger partial charge in [-0.2, -0.15) is 0 Å². The first kappa shape index (κ1) is 27.5. The molecule has 1 aromatic heterocycles. The molecule has 0 bridgehead atoms. The van der Waals surface area contributed by atoms with Crippen molar-refractivity contribution in [2.75, 3.05) is 14.2 Å². The van der Waals surface area contributed by atoms with Crippen LogP contribution in [0.5, 0.6) is 17.2 Å². The number of nitrogens with zero attached hydrogens (tertiary/aromatic N) is 2. The highest BCUT2D eigenvalue weighted by Gasteiger charge is 2.46. The largest absolute Gasteiger partial charge is 0.507 e. The Kier molecular flexibility index (Phi) is 8.01. The van der Waals surface area contributed by atoms with Gasteiger partial charge in [0.05, 0.1) is 25.8 Å². The zero-order chi connectivity index (χ0) is 28.9. The predicted octanol–water partition coefficient (Wildman–Crippen LogP) is 5.61. The molecule has 4 aromatic rings. The molecule has 8 nitrogen and oxygen atoms in total. The zero-order valence-corrected chi connectivity index (χ0v) is 23.0. The molecule has 1 aliphatic heterocycles. The molecule has 1 unspecified atom stereocenters.